The molecule has 0 radical (unpaired) electrons. The molecule has 0 atom stereocenters. The number of hydrogen-bond acceptors (Lipinski definition) is 2. The summed E-state index contributed by atoms with van der Waals surface area (Å²) >= 11 is 0. The topological polar surface area (TPSA) is 57.5 Å². The molecule has 3 heteroatoms. The predicted octanol–water partition coefficient (Wildman–Crippen LogP) is 2.91. The number of aromatic hydroxyl groups is 1. The number of phenolic OH excluding ortho intramolecular Hbond substituents is 1. The van der Waals surface area contributed by atoms with E-state index in [2.05, 4.69) is 0 Å². The minimum Gasteiger partial charge on any atom is -0.508 e. The number of carbonyl (C=O) groups is 1. The van der Waals surface area contributed by atoms with Crippen molar-refractivity contribution < 1.29 is 15.0 Å². The Hall–Kier alpha value is -1.77. The Kier molecular flexibility index (Phi) is 3.38. The van der Waals surface area contributed by atoms with Crippen molar-refractivity contribution in [2.24, 2.45) is 5.41 Å². The molecule has 16 heavy (non-hydrogen) atoms. The van der Waals surface area contributed by atoms with Crippen LogP contribution in [0.15, 0.2) is 29.8 Å². The van der Waals surface area contributed by atoms with Gasteiger partial charge in [0.2, 0.25) is 0 Å². The Labute approximate surface area is 95.0 Å². The molecule has 0 heterocycles. The lowest BCUT2D eigenvalue weighted by Gasteiger charge is -2.19. The summed E-state index contributed by atoms with van der Waals surface area (Å²) in [5.41, 5.74) is 0.701. The van der Waals surface area contributed by atoms with Crippen molar-refractivity contribution in [2.75, 3.05) is 0 Å². The van der Waals surface area contributed by atoms with Crippen molar-refractivity contribution in [1.82, 2.24) is 0 Å². The second kappa shape index (κ2) is 4.39. The minimum atomic E-state index is -0.916. The van der Waals surface area contributed by atoms with E-state index in [0.29, 0.717) is 5.57 Å². The van der Waals surface area contributed by atoms with E-state index in [1.54, 1.807) is 18.2 Å². The van der Waals surface area contributed by atoms with Gasteiger partial charge in [-0.3, -0.25) is 0 Å². The summed E-state index contributed by atoms with van der Waals surface area (Å²) in [6.07, 6.45) is 1.63. The van der Waals surface area contributed by atoms with Crippen molar-refractivity contribution in [3.63, 3.8) is 0 Å². The average Bonchev–Trinajstić information content (AvgIpc) is 2.14. The van der Waals surface area contributed by atoms with Crippen LogP contribution < -0.4 is 0 Å². The molecular formula is C13H16O3. The number of carboxylic acid groups (broad SMARTS) is 1. The Bertz CT molecular complexity index is 408. The SMILES string of the molecule is CC(C)(C)C(=Cc1ccc(O)cc1)C(=O)O. The monoisotopic (exact) mass is 220 g/mol. The van der Waals surface area contributed by atoms with Crippen LogP contribution in [-0.4, -0.2) is 16.2 Å². The highest BCUT2D eigenvalue weighted by Crippen LogP contribution is 2.27. The van der Waals surface area contributed by atoms with Crippen molar-refractivity contribution in [2.45, 2.75) is 20.8 Å². The second-order valence-electron chi connectivity index (χ2n) is 4.70. The van der Waals surface area contributed by atoms with Crippen LogP contribution in [0.3, 0.4) is 0 Å². The lowest BCUT2D eigenvalue weighted by molar-refractivity contribution is -0.133. The van der Waals surface area contributed by atoms with Crippen LogP contribution in [0.1, 0.15) is 26.3 Å². The summed E-state index contributed by atoms with van der Waals surface area (Å²) < 4.78 is 0. The molecule has 0 spiro atoms. The van der Waals surface area contributed by atoms with Gasteiger partial charge in [0.25, 0.3) is 0 Å². The average molecular weight is 220 g/mol. The molecule has 0 fully saturated rings. The van der Waals surface area contributed by atoms with E-state index in [0.717, 1.165) is 5.56 Å². The summed E-state index contributed by atoms with van der Waals surface area (Å²) in [6.45, 7) is 5.56. The molecule has 0 bridgehead atoms. The van der Waals surface area contributed by atoms with Crippen LogP contribution in [0.4, 0.5) is 0 Å². The first-order chi connectivity index (χ1) is 7.30. The van der Waals surface area contributed by atoms with Crippen molar-refractivity contribution in [3.8, 4) is 5.75 Å². The number of rotatable bonds is 2. The molecule has 0 unspecified atom stereocenters. The Balaban J connectivity index is 3.13. The number of aliphatic carboxylic acids is 1. The molecule has 86 valence electrons. The summed E-state index contributed by atoms with van der Waals surface area (Å²) in [7, 11) is 0. The van der Waals surface area contributed by atoms with E-state index in [4.69, 9.17) is 10.2 Å². The first-order valence-corrected chi connectivity index (χ1v) is 5.05. The number of phenols is 1. The summed E-state index contributed by atoms with van der Waals surface area (Å²) in [6, 6.07) is 6.44. The maximum atomic E-state index is 11.1. The lowest BCUT2D eigenvalue weighted by atomic mass is 9.85. The summed E-state index contributed by atoms with van der Waals surface area (Å²) in [5.74, 6) is -0.745. The molecule has 0 aliphatic rings. The van der Waals surface area contributed by atoms with Gasteiger partial charge in [0.05, 0.1) is 0 Å². The van der Waals surface area contributed by atoms with Gasteiger partial charge in [-0.15, -0.1) is 0 Å². The van der Waals surface area contributed by atoms with E-state index in [9.17, 15) is 4.79 Å². The molecule has 0 saturated heterocycles. The highest BCUT2D eigenvalue weighted by Gasteiger charge is 2.23. The Morgan fingerprint density at radius 1 is 1.19 bits per heavy atom. The van der Waals surface area contributed by atoms with Gasteiger partial charge in [-0.05, 0) is 29.2 Å². The largest absolute Gasteiger partial charge is 0.508 e. The van der Waals surface area contributed by atoms with Crippen LogP contribution in [0.25, 0.3) is 6.08 Å². The molecule has 0 saturated carbocycles. The maximum Gasteiger partial charge on any atom is 0.332 e. The van der Waals surface area contributed by atoms with Crippen molar-refractivity contribution in [1.29, 1.82) is 0 Å². The molecule has 0 amide bonds. The zero-order valence-electron chi connectivity index (χ0n) is 9.69. The molecular weight excluding hydrogens is 204 g/mol. The third-order valence-corrected chi connectivity index (χ3v) is 2.24. The molecule has 1 aromatic carbocycles. The highest BCUT2D eigenvalue weighted by atomic mass is 16.4. The van der Waals surface area contributed by atoms with Gasteiger partial charge >= 0.3 is 5.97 Å². The second-order valence-corrected chi connectivity index (χ2v) is 4.70. The minimum absolute atomic E-state index is 0.171. The lowest BCUT2D eigenvalue weighted by Crippen LogP contribution is -2.17. The highest BCUT2D eigenvalue weighted by molar-refractivity contribution is 5.93. The van der Waals surface area contributed by atoms with Crippen LogP contribution in [0.2, 0.25) is 0 Å². The first kappa shape index (κ1) is 12.3. The molecule has 1 aromatic rings. The van der Waals surface area contributed by atoms with Crippen LogP contribution in [-0.2, 0) is 4.79 Å². The van der Waals surface area contributed by atoms with Gasteiger partial charge in [0.1, 0.15) is 5.75 Å². The van der Waals surface area contributed by atoms with Gasteiger partial charge in [0, 0.05) is 5.57 Å². The van der Waals surface area contributed by atoms with Gasteiger partial charge < -0.3 is 10.2 Å². The summed E-state index contributed by atoms with van der Waals surface area (Å²) in [5, 5.41) is 18.2. The molecule has 2 N–H and O–H groups in total. The van der Waals surface area contributed by atoms with E-state index in [-0.39, 0.29) is 5.75 Å². The van der Waals surface area contributed by atoms with Gasteiger partial charge in [-0.25, -0.2) is 4.79 Å². The van der Waals surface area contributed by atoms with E-state index >= 15 is 0 Å². The van der Waals surface area contributed by atoms with Gasteiger partial charge in [-0.1, -0.05) is 32.9 Å². The fourth-order valence-corrected chi connectivity index (χ4v) is 1.34. The van der Waals surface area contributed by atoms with Crippen molar-refractivity contribution >= 4 is 12.0 Å². The van der Waals surface area contributed by atoms with Crippen LogP contribution in [0.5, 0.6) is 5.75 Å². The molecule has 0 aliphatic carbocycles. The molecule has 0 aliphatic heterocycles. The van der Waals surface area contributed by atoms with E-state index in [1.807, 2.05) is 20.8 Å². The fraction of sp³-hybridized carbons (Fsp3) is 0.308. The fourth-order valence-electron chi connectivity index (χ4n) is 1.34. The van der Waals surface area contributed by atoms with Crippen LogP contribution >= 0.6 is 0 Å². The third kappa shape index (κ3) is 3.12. The molecule has 3 nitrogen and oxygen atoms in total. The van der Waals surface area contributed by atoms with E-state index in [1.165, 1.54) is 12.1 Å². The zero-order valence-corrected chi connectivity index (χ0v) is 9.69. The number of benzene rings is 1. The smallest absolute Gasteiger partial charge is 0.332 e. The predicted molar refractivity (Wildman–Crippen MR) is 63.2 cm³/mol. The standard InChI is InChI=1S/C13H16O3/c1-13(2,3)11(12(15)16)8-9-4-6-10(14)7-5-9/h4-8,14H,1-3H3,(H,15,16). The first-order valence-electron chi connectivity index (χ1n) is 5.05. The normalized spacial score (nSPS) is 12.6. The Morgan fingerprint density at radius 2 is 1.69 bits per heavy atom. The van der Waals surface area contributed by atoms with Crippen LogP contribution in [0, 0.1) is 5.41 Å². The number of carboxylic acids is 1. The van der Waals surface area contributed by atoms with E-state index < -0.39 is 11.4 Å². The third-order valence-electron chi connectivity index (χ3n) is 2.24. The molecule has 1 rings (SSSR count). The zero-order chi connectivity index (χ0) is 12.3. The molecule has 0 aromatic heterocycles. The van der Waals surface area contributed by atoms with Gasteiger partial charge in [0.15, 0.2) is 0 Å². The van der Waals surface area contributed by atoms with Crippen molar-refractivity contribution in [3.05, 3.63) is 35.4 Å². The quantitative estimate of drug-likeness (QED) is 0.753. The van der Waals surface area contributed by atoms with Gasteiger partial charge in [-0.2, -0.15) is 0 Å². The number of hydrogen-bond donors (Lipinski definition) is 2. The summed E-state index contributed by atoms with van der Waals surface area (Å²) in [4.78, 5) is 11.1. The Morgan fingerprint density at radius 3 is 2.06 bits per heavy atom. The maximum absolute atomic E-state index is 11.1.